The van der Waals surface area contributed by atoms with Crippen LogP contribution in [0.4, 0.5) is 33.6 Å². The molecular weight excluding hydrogens is 520 g/mol. The lowest BCUT2D eigenvalue weighted by atomic mass is 10.2. The highest BCUT2D eigenvalue weighted by molar-refractivity contribution is 9.10. The van der Waals surface area contributed by atoms with Gasteiger partial charge in [-0.2, -0.15) is 4.98 Å². The molecule has 0 spiro atoms. The minimum Gasteiger partial charge on any atom is -0.361 e. The van der Waals surface area contributed by atoms with Crippen LogP contribution in [-0.2, 0) is 22.1 Å². The number of nitrogens with zero attached hydrogens (tertiary/aromatic N) is 5. The first kappa shape index (κ1) is 22.8. The smallest absolute Gasteiger partial charge is 0.330 e. The zero-order chi connectivity index (χ0) is 24.0. The van der Waals surface area contributed by atoms with Crippen LogP contribution < -0.4 is 20.0 Å². The number of urea groups is 1. The van der Waals surface area contributed by atoms with Gasteiger partial charge in [0.15, 0.2) is 0 Å². The van der Waals surface area contributed by atoms with Crippen molar-refractivity contribution >= 4 is 61.6 Å². The number of anilines is 5. The molecule has 176 valence electrons. The lowest BCUT2D eigenvalue weighted by molar-refractivity contribution is 0.120. The molecule has 34 heavy (non-hydrogen) atoms. The number of aromatic nitrogens is 2. The lowest BCUT2D eigenvalue weighted by Gasteiger charge is -2.34. The number of halogens is 1. The van der Waals surface area contributed by atoms with Crippen molar-refractivity contribution in [3.63, 3.8) is 0 Å². The summed E-state index contributed by atoms with van der Waals surface area (Å²) < 4.78 is 19.0. The molecule has 2 aromatic carbocycles. The molecule has 9 nitrogen and oxygen atoms in total. The normalized spacial score (nSPS) is 19.6. The van der Waals surface area contributed by atoms with Crippen LogP contribution in [0.25, 0.3) is 0 Å². The van der Waals surface area contributed by atoms with Gasteiger partial charge in [-0.1, -0.05) is 12.1 Å². The van der Waals surface area contributed by atoms with Gasteiger partial charge in [0.2, 0.25) is 5.95 Å². The van der Waals surface area contributed by atoms with Crippen LogP contribution in [0.15, 0.2) is 58.0 Å². The monoisotopic (exact) mass is 542 g/mol. The summed E-state index contributed by atoms with van der Waals surface area (Å²) in [6.07, 6.45) is 1.51. The van der Waals surface area contributed by atoms with Crippen molar-refractivity contribution < 1.29 is 13.7 Å². The second kappa shape index (κ2) is 8.97. The number of para-hydroxylation sites is 1. The largest absolute Gasteiger partial charge is 0.361 e. The van der Waals surface area contributed by atoms with Crippen LogP contribution >= 0.6 is 15.9 Å². The number of methoxy groups -OCH3 is 1. The Hall–Kier alpha value is -3.02. The fourth-order valence-corrected chi connectivity index (χ4v) is 6.14. The van der Waals surface area contributed by atoms with E-state index in [0.29, 0.717) is 24.1 Å². The van der Waals surface area contributed by atoms with Crippen molar-refractivity contribution in [1.29, 1.82) is 0 Å². The van der Waals surface area contributed by atoms with E-state index in [1.807, 2.05) is 54.4 Å². The van der Waals surface area contributed by atoms with Gasteiger partial charge in [-0.05, 0) is 46.3 Å². The number of nitrogens with one attached hydrogen (secondary N) is 1. The van der Waals surface area contributed by atoms with E-state index in [4.69, 9.17) is 4.74 Å². The summed E-state index contributed by atoms with van der Waals surface area (Å²) in [7, 11) is 4.06. The molecule has 2 aliphatic heterocycles. The molecule has 11 heteroatoms. The van der Waals surface area contributed by atoms with Crippen LogP contribution in [0.3, 0.4) is 0 Å². The molecule has 1 aromatic heterocycles. The molecule has 0 saturated heterocycles. The van der Waals surface area contributed by atoms with Gasteiger partial charge in [0, 0.05) is 43.1 Å². The zero-order valence-electron chi connectivity index (χ0n) is 18.9. The van der Waals surface area contributed by atoms with Crippen LogP contribution in [0.1, 0.15) is 5.56 Å². The number of hydrogen-bond acceptors (Lipinski definition) is 7. The Labute approximate surface area is 208 Å². The number of fused-ring (bicyclic) bond motifs is 2. The van der Waals surface area contributed by atoms with E-state index < -0.39 is 10.8 Å². The maximum Gasteiger partial charge on any atom is 0.330 e. The number of carbonyl (C=O) groups is 1. The molecule has 3 heterocycles. The summed E-state index contributed by atoms with van der Waals surface area (Å²) in [5, 5.41) is 3.19. The molecule has 3 aromatic rings. The SMILES string of the molecule is COC1CS(=O)c2cc(Nc3ncc4c(n3)N(C)C(=O)N(c3ccccc3Br)C4)ccc2N1C. The maximum atomic E-state index is 13.1. The molecular formula is C23H23BrN6O3S. The van der Waals surface area contributed by atoms with Crippen LogP contribution in [0.5, 0.6) is 0 Å². The summed E-state index contributed by atoms with van der Waals surface area (Å²) in [5.74, 6) is 1.31. The summed E-state index contributed by atoms with van der Waals surface area (Å²) >= 11 is 3.52. The summed E-state index contributed by atoms with van der Waals surface area (Å²) in [5.41, 5.74) is 3.21. The van der Waals surface area contributed by atoms with Crippen molar-refractivity contribution in [3.05, 3.63) is 58.7 Å². The number of carbonyl (C=O) groups excluding carboxylic acids is 1. The van der Waals surface area contributed by atoms with E-state index in [1.54, 1.807) is 25.3 Å². The predicted octanol–water partition coefficient (Wildman–Crippen LogP) is 4.09. The predicted molar refractivity (Wildman–Crippen MR) is 136 cm³/mol. The Balaban J connectivity index is 1.41. The Bertz CT molecular complexity index is 1310. The Morgan fingerprint density at radius 1 is 1.18 bits per heavy atom. The van der Waals surface area contributed by atoms with E-state index >= 15 is 0 Å². The fourth-order valence-electron chi connectivity index (χ4n) is 4.14. The van der Waals surface area contributed by atoms with Crippen molar-refractivity contribution in [2.24, 2.45) is 0 Å². The lowest BCUT2D eigenvalue weighted by Crippen LogP contribution is -2.46. The maximum absolute atomic E-state index is 13.1. The molecule has 2 unspecified atom stereocenters. The number of amides is 2. The molecule has 2 atom stereocenters. The highest BCUT2D eigenvalue weighted by atomic mass is 79.9. The van der Waals surface area contributed by atoms with Crippen LogP contribution in [0, 0.1) is 0 Å². The Morgan fingerprint density at radius 2 is 1.97 bits per heavy atom. The number of rotatable bonds is 4. The van der Waals surface area contributed by atoms with Crippen molar-refractivity contribution in [2.45, 2.75) is 17.7 Å². The van der Waals surface area contributed by atoms with Gasteiger partial charge >= 0.3 is 6.03 Å². The van der Waals surface area contributed by atoms with E-state index in [9.17, 15) is 9.00 Å². The number of benzene rings is 2. The van der Waals surface area contributed by atoms with Crippen LogP contribution in [-0.4, -0.2) is 53.4 Å². The second-order valence-corrected chi connectivity index (χ2v) is 10.4. The van der Waals surface area contributed by atoms with Crippen molar-refractivity contribution in [1.82, 2.24) is 9.97 Å². The van der Waals surface area contributed by atoms with E-state index in [0.717, 1.165) is 32.0 Å². The third kappa shape index (κ3) is 3.93. The Morgan fingerprint density at radius 3 is 2.74 bits per heavy atom. The van der Waals surface area contributed by atoms with Gasteiger partial charge in [-0.25, -0.2) is 9.78 Å². The molecule has 0 saturated carbocycles. The summed E-state index contributed by atoms with van der Waals surface area (Å²) in [4.78, 5) is 28.1. The first-order valence-corrected chi connectivity index (χ1v) is 12.7. The third-order valence-electron chi connectivity index (χ3n) is 5.99. The number of ether oxygens (including phenoxy) is 1. The summed E-state index contributed by atoms with van der Waals surface area (Å²) in [6.45, 7) is 0.367. The topological polar surface area (TPSA) is 90.9 Å². The highest BCUT2D eigenvalue weighted by Crippen LogP contribution is 2.35. The molecule has 2 amide bonds. The average molecular weight is 543 g/mol. The minimum absolute atomic E-state index is 0.177. The van der Waals surface area contributed by atoms with Crippen molar-refractivity contribution in [2.75, 3.05) is 47.0 Å². The first-order valence-electron chi connectivity index (χ1n) is 10.6. The van der Waals surface area contributed by atoms with Crippen LogP contribution in [0.2, 0.25) is 0 Å². The van der Waals surface area contributed by atoms with E-state index in [-0.39, 0.29) is 12.3 Å². The Kier molecular flexibility index (Phi) is 6.00. The molecule has 2 aliphatic rings. The molecule has 0 aliphatic carbocycles. The molecule has 5 rings (SSSR count). The van der Waals surface area contributed by atoms with Gasteiger partial charge in [0.05, 0.1) is 39.4 Å². The minimum atomic E-state index is -1.18. The molecule has 1 N–H and O–H groups in total. The molecule has 0 radical (unpaired) electrons. The van der Waals surface area contributed by atoms with Gasteiger partial charge in [0.1, 0.15) is 12.0 Å². The van der Waals surface area contributed by atoms with Gasteiger partial charge < -0.3 is 15.0 Å². The van der Waals surface area contributed by atoms with Gasteiger partial charge in [-0.3, -0.25) is 14.0 Å². The number of hydrogen-bond donors (Lipinski definition) is 1. The fraction of sp³-hybridized carbons (Fsp3) is 0.261. The second-order valence-electron chi connectivity index (χ2n) is 8.04. The zero-order valence-corrected chi connectivity index (χ0v) is 21.3. The van der Waals surface area contributed by atoms with E-state index in [1.165, 1.54) is 4.90 Å². The van der Waals surface area contributed by atoms with Gasteiger partial charge in [-0.15, -0.1) is 0 Å². The molecule has 0 bridgehead atoms. The van der Waals surface area contributed by atoms with Crippen molar-refractivity contribution in [3.8, 4) is 0 Å². The molecule has 0 fully saturated rings. The average Bonchev–Trinajstić information content (AvgIpc) is 2.84. The third-order valence-corrected chi connectivity index (χ3v) is 8.06. The standard InChI is InChI=1S/C23H23BrN6O3S/c1-28-18-9-8-15(10-19(18)34(32)13-20(28)33-3)26-22-25-11-14-12-30(17-7-5-4-6-16(17)24)23(31)29(2)21(14)27-22/h4-11,20H,12-13H2,1-3H3,(H,25,26,27). The summed E-state index contributed by atoms with van der Waals surface area (Å²) in [6, 6.07) is 13.1. The first-order chi connectivity index (χ1) is 16.4. The van der Waals surface area contributed by atoms with E-state index in [2.05, 4.69) is 31.2 Å². The quantitative estimate of drug-likeness (QED) is 0.530. The highest BCUT2D eigenvalue weighted by Gasteiger charge is 2.32. The van der Waals surface area contributed by atoms with Gasteiger partial charge in [0.25, 0.3) is 0 Å².